The Morgan fingerprint density at radius 1 is 1.22 bits per heavy atom. The van der Waals surface area contributed by atoms with Crippen molar-refractivity contribution in [3.63, 3.8) is 0 Å². The van der Waals surface area contributed by atoms with Gasteiger partial charge in [-0.1, -0.05) is 29.8 Å². The van der Waals surface area contributed by atoms with Crippen molar-refractivity contribution >= 4 is 0 Å². The van der Waals surface area contributed by atoms with Crippen LogP contribution in [0.4, 0.5) is 4.39 Å². The SMILES string of the molecule is Cc1ccc(CCC(O)c2ccncc2F)cc1. The molecule has 1 unspecified atom stereocenters. The second-order valence-corrected chi connectivity index (χ2v) is 4.44. The summed E-state index contributed by atoms with van der Waals surface area (Å²) in [4.78, 5) is 3.67. The van der Waals surface area contributed by atoms with Gasteiger partial charge in [-0.2, -0.15) is 0 Å². The van der Waals surface area contributed by atoms with Gasteiger partial charge in [0.05, 0.1) is 12.3 Å². The van der Waals surface area contributed by atoms with Crippen LogP contribution in [-0.4, -0.2) is 10.1 Å². The minimum atomic E-state index is -0.783. The van der Waals surface area contributed by atoms with E-state index in [4.69, 9.17) is 0 Å². The number of aromatic nitrogens is 1. The van der Waals surface area contributed by atoms with Gasteiger partial charge in [-0.15, -0.1) is 0 Å². The first kappa shape index (κ1) is 12.7. The average molecular weight is 245 g/mol. The summed E-state index contributed by atoms with van der Waals surface area (Å²) in [5.41, 5.74) is 2.67. The van der Waals surface area contributed by atoms with E-state index in [0.29, 0.717) is 12.0 Å². The molecule has 0 aliphatic rings. The Morgan fingerprint density at radius 3 is 2.61 bits per heavy atom. The lowest BCUT2D eigenvalue weighted by molar-refractivity contribution is 0.163. The molecule has 0 bridgehead atoms. The molecule has 1 atom stereocenters. The maximum Gasteiger partial charge on any atom is 0.147 e. The number of halogens is 1. The van der Waals surface area contributed by atoms with Gasteiger partial charge in [0.25, 0.3) is 0 Å². The van der Waals surface area contributed by atoms with E-state index in [9.17, 15) is 9.50 Å². The highest BCUT2D eigenvalue weighted by Gasteiger charge is 2.12. The number of aliphatic hydroxyl groups excluding tert-OH is 1. The lowest BCUT2D eigenvalue weighted by atomic mass is 10.0. The van der Waals surface area contributed by atoms with Gasteiger partial charge in [-0.3, -0.25) is 4.98 Å². The van der Waals surface area contributed by atoms with Gasteiger partial charge in [-0.05, 0) is 31.4 Å². The first-order chi connectivity index (χ1) is 8.66. The van der Waals surface area contributed by atoms with E-state index in [-0.39, 0.29) is 0 Å². The first-order valence-corrected chi connectivity index (χ1v) is 6.00. The second-order valence-electron chi connectivity index (χ2n) is 4.44. The summed E-state index contributed by atoms with van der Waals surface area (Å²) in [6, 6.07) is 9.66. The topological polar surface area (TPSA) is 33.1 Å². The van der Waals surface area contributed by atoms with E-state index in [1.54, 1.807) is 0 Å². The Balaban J connectivity index is 1.98. The molecule has 1 N–H and O–H groups in total. The summed E-state index contributed by atoms with van der Waals surface area (Å²) in [6.45, 7) is 2.03. The van der Waals surface area contributed by atoms with Crippen LogP contribution in [0.25, 0.3) is 0 Å². The lowest BCUT2D eigenvalue weighted by Gasteiger charge is -2.11. The van der Waals surface area contributed by atoms with Gasteiger partial charge in [-0.25, -0.2) is 4.39 Å². The van der Waals surface area contributed by atoms with Crippen LogP contribution in [0.15, 0.2) is 42.7 Å². The zero-order valence-electron chi connectivity index (χ0n) is 10.3. The van der Waals surface area contributed by atoms with Crippen LogP contribution in [0, 0.1) is 12.7 Å². The zero-order valence-corrected chi connectivity index (χ0v) is 10.3. The fourth-order valence-corrected chi connectivity index (χ4v) is 1.87. The zero-order chi connectivity index (χ0) is 13.0. The molecule has 2 aromatic rings. The molecule has 1 aromatic heterocycles. The molecular formula is C15H16FNO. The number of hydrogen-bond donors (Lipinski definition) is 1. The van der Waals surface area contributed by atoms with Crippen LogP contribution in [0.2, 0.25) is 0 Å². The van der Waals surface area contributed by atoms with E-state index >= 15 is 0 Å². The quantitative estimate of drug-likeness (QED) is 0.897. The molecule has 0 aliphatic carbocycles. The molecule has 1 aromatic carbocycles. The summed E-state index contributed by atoms with van der Waals surface area (Å²) in [5.74, 6) is -0.450. The molecule has 3 heteroatoms. The Kier molecular flexibility index (Phi) is 4.05. The molecule has 0 saturated carbocycles. The fourth-order valence-electron chi connectivity index (χ4n) is 1.87. The summed E-state index contributed by atoms with van der Waals surface area (Å²) >= 11 is 0. The maximum atomic E-state index is 13.4. The second kappa shape index (κ2) is 5.74. The number of benzene rings is 1. The van der Waals surface area contributed by atoms with Gasteiger partial charge < -0.3 is 5.11 Å². The predicted octanol–water partition coefficient (Wildman–Crippen LogP) is 3.20. The number of nitrogens with zero attached hydrogens (tertiary/aromatic N) is 1. The van der Waals surface area contributed by atoms with Crippen molar-refractivity contribution in [1.82, 2.24) is 4.98 Å². The van der Waals surface area contributed by atoms with Crippen LogP contribution < -0.4 is 0 Å². The van der Waals surface area contributed by atoms with Crippen molar-refractivity contribution in [3.05, 3.63) is 65.2 Å². The van der Waals surface area contributed by atoms with Gasteiger partial charge >= 0.3 is 0 Å². The molecule has 2 rings (SSSR count). The lowest BCUT2D eigenvalue weighted by Crippen LogP contribution is -2.02. The molecule has 0 radical (unpaired) electrons. The number of aliphatic hydroxyl groups is 1. The molecule has 0 aliphatic heterocycles. The number of hydrogen-bond acceptors (Lipinski definition) is 2. The van der Waals surface area contributed by atoms with Crippen molar-refractivity contribution < 1.29 is 9.50 Å². The number of pyridine rings is 1. The molecule has 0 spiro atoms. The molecule has 0 fully saturated rings. The highest BCUT2D eigenvalue weighted by molar-refractivity contribution is 5.22. The van der Waals surface area contributed by atoms with Crippen LogP contribution in [0.1, 0.15) is 29.2 Å². The van der Waals surface area contributed by atoms with Crippen LogP contribution in [-0.2, 0) is 6.42 Å². The standard InChI is InChI=1S/C15H16FNO/c1-11-2-4-12(5-3-11)6-7-15(18)13-8-9-17-10-14(13)16/h2-5,8-10,15,18H,6-7H2,1H3. The molecule has 18 heavy (non-hydrogen) atoms. The van der Waals surface area contributed by atoms with Gasteiger partial charge in [0.2, 0.25) is 0 Å². The predicted molar refractivity (Wildman–Crippen MR) is 68.7 cm³/mol. The summed E-state index contributed by atoms with van der Waals surface area (Å²) in [6.07, 6.45) is 3.07. The summed E-state index contributed by atoms with van der Waals surface area (Å²) in [5, 5.41) is 9.95. The van der Waals surface area contributed by atoms with Crippen LogP contribution in [0.5, 0.6) is 0 Å². The third-order valence-corrected chi connectivity index (χ3v) is 2.99. The largest absolute Gasteiger partial charge is 0.388 e. The van der Waals surface area contributed by atoms with Crippen molar-refractivity contribution in [2.24, 2.45) is 0 Å². The van der Waals surface area contributed by atoms with E-state index < -0.39 is 11.9 Å². The van der Waals surface area contributed by atoms with Gasteiger partial charge in [0.1, 0.15) is 5.82 Å². The monoisotopic (exact) mass is 245 g/mol. The molecule has 2 nitrogen and oxygen atoms in total. The van der Waals surface area contributed by atoms with Crippen molar-refractivity contribution in [1.29, 1.82) is 0 Å². The number of rotatable bonds is 4. The molecule has 0 saturated heterocycles. The highest BCUT2D eigenvalue weighted by Crippen LogP contribution is 2.21. The Morgan fingerprint density at radius 2 is 1.94 bits per heavy atom. The normalized spacial score (nSPS) is 12.4. The van der Waals surface area contributed by atoms with Crippen LogP contribution in [0.3, 0.4) is 0 Å². The van der Waals surface area contributed by atoms with E-state index in [2.05, 4.69) is 4.98 Å². The molecular weight excluding hydrogens is 229 g/mol. The molecule has 1 heterocycles. The van der Waals surface area contributed by atoms with E-state index in [0.717, 1.165) is 18.2 Å². The fraction of sp³-hybridized carbons (Fsp3) is 0.267. The Hall–Kier alpha value is -1.74. The van der Waals surface area contributed by atoms with Crippen molar-refractivity contribution in [3.8, 4) is 0 Å². The minimum absolute atomic E-state index is 0.317. The Labute approximate surface area is 106 Å². The highest BCUT2D eigenvalue weighted by atomic mass is 19.1. The Bertz CT molecular complexity index is 510. The average Bonchev–Trinajstić information content (AvgIpc) is 2.38. The molecule has 0 amide bonds. The smallest absolute Gasteiger partial charge is 0.147 e. The third kappa shape index (κ3) is 3.14. The van der Waals surface area contributed by atoms with Crippen molar-refractivity contribution in [2.75, 3.05) is 0 Å². The summed E-state index contributed by atoms with van der Waals surface area (Å²) in [7, 11) is 0. The minimum Gasteiger partial charge on any atom is -0.388 e. The van der Waals surface area contributed by atoms with E-state index in [1.165, 1.54) is 17.8 Å². The first-order valence-electron chi connectivity index (χ1n) is 6.00. The van der Waals surface area contributed by atoms with Crippen molar-refractivity contribution in [2.45, 2.75) is 25.9 Å². The number of aryl methyl sites for hydroxylation is 2. The van der Waals surface area contributed by atoms with Crippen LogP contribution >= 0.6 is 0 Å². The van der Waals surface area contributed by atoms with Gasteiger partial charge in [0.15, 0.2) is 0 Å². The van der Waals surface area contributed by atoms with Gasteiger partial charge in [0, 0.05) is 11.8 Å². The maximum absolute atomic E-state index is 13.4. The summed E-state index contributed by atoms with van der Waals surface area (Å²) < 4.78 is 13.4. The van der Waals surface area contributed by atoms with E-state index in [1.807, 2.05) is 31.2 Å². The molecule has 94 valence electrons. The third-order valence-electron chi connectivity index (χ3n) is 2.99.